The standard InChI is InChI=1S/C23H20ClFN4O3S2/c1-13-21(27-34(2,31)32)22(19-9-10-20(24)33-19)28(23(13)30)17-7-8-18-14(11-17)12-26-29(18)16-5-3-15(25)4-6-16/h3-13,21-22,27H,1-2H3/t13-,21-,22+/m0/s1. The number of anilines is 1. The van der Waals surface area contributed by atoms with Gasteiger partial charge in [0.25, 0.3) is 0 Å². The van der Waals surface area contributed by atoms with Crippen LogP contribution in [0.4, 0.5) is 10.1 Å². The zero-order valence-electron chi connectivity index (χ0n) is 18.1. The third kappa shape index (κ3) is 4.11. The zero-order valence-corrected chi connectivity index (χ0v) is 20.5. The molecule has 34 heavy (non-hydrogen) atoms. The third-order valence-corrected chi connectivity index (χ3v) is 7.92. The summed E-state index contributed by atoms with van der Waals surface area (Å²) in [5, 5.41) is 5.21. The first-order valence-electron chi connectivity index (χ1n) is 10.4. The molecule has 1 aliphatic heterocycles. The van der Waals surface area contributed by atoms with Crippen LogP contribution in [0.5, 0.6) is 0 Å². The Morgan fingerprint density at radius 3 is 2.44 bits per heavy atom. The van der Waals surface area contributed by atoms with Crippen LogP contribution in [0, 0.1) is 11.7 Å². The van der Waals surface area contributed by atoms with Gasteiger partial charge in [0.15, 0.2) is 0 Å². The lowest BCUT2D eigenvalue weighted by Crippen LogP contribution is -2.41. The fourth-order valence-corrected chi connectivity index (χ4v) is 6.42. The molecular weight excluding hydrogens is 499 g/mol. The van der Waals surface area contributed by atoms with Gasteiger partial charge in [0.2, 0.25) is 15.9 Å². The topological polar surface area (TPSA) is 84.3 Å². The van der Waals surface area contributed by atoms with E-state index >= 15 is 0 Å². The molecular formula is C23H20ClFN4O3S2. The smallest absolute Gasteiger partial charge is 0.232 e. The number of benzene rings is 2. The Hall–Kier alpha value is -2.79. The summed E-state index contributed by atoms with van der Waals surface area (Å²) in [7, 11) is -3.57. The molecule has 3 atom stereocenters. The molecule has 0 radical (unpaired) electrons. The molecule has 0 bridgehead atoms. The molecule has 1 N–H and O–H groups in total. The Bertz CT molecular complexity index is 1500. The maximum Gasteiger partial charge on any atom is 0.232 e. The molecule has 0 saturated carbocycles. The summed E-state index contributed by atoms with van der Waals surface area (Å²) >= 11 is 7.49. The van der Waals surface area contributed by atoms with Crippen molar-refractivity contribution in [1.82, 2.24) is 14.5 Å². The fraction of sp³-hybridized carbons (Fsp3) is 0.217. The minimum absolute atomic E-state index is 0.194. The molecule has 176 valence electrons. The van der Waals surface area contributed by atoms with Crippen molar-refractivity contribution in [3.05, 3.63) is 75.8 Å². The van der Waals surface area contributed by atoms with E-state index in [1.54, 1.807) is 47.0 Å². The van der Waals surface area contributed by atoms with Crippen LogP contribution in [0.2, 0.25) is 4.34 Å². The summed E-state index contributed by atoms with van der Waals surface area (Å²) in [4.78, 5) is 15.8. The molecule has 3 heterocycles. The van der Waals surface area contributed by atoms with Crippen molar-refractivity contribution in [1.29, 1.82) is 0 Å². The number of carbonyl (C=O) groups excluding carboxylic acids is 1. The number of thiophene rings is 1. The summed E-state index contributed by atoms with van der Waals surface area (Å²) in [6, 6.07) is 13.8. The van der Waals surface area contributed by atoms with Crippen LogP contribution in [0.25, 0.3) is 16.6 Å². The molecule has 1 saturated heterocycles. The molecule has 7 nitrogen and oxygen atoms in total. The normalized spacial score (nSPS) is 21.0. The van der Waals surface area contributed by atoms with Gasteiger partial charge in [-0.05, 0) is 54.6 Å². The summed E-state index contributed by atoms with van der Waals surface area (Å²) in [5.41, 5.74) is 2.12. The number of rotatable bonds is 5. The highest BCUT2D eigenvalue weighted by atomic mass is 35.5. The van der Waals surface area contributed by atoms with E-state index in [1.165, 1.54) is 23.5 Å². The third-order valence-electron chi connectivity index (χ3n) is 5.92. The van der Waals surface area contributed by atoms with Gasteiger partial charge in [-0.15, -0.1) is 11.3 Å². The van der Waals surface area contributed by atoms with Crippen molar-refractivity contribution in [3.8, 4) is 5.69 Å². The maximum atomic E-state index is 13.4. The summed E-state index contributed by atoms with van der Waals surface area (Å²) in [6.45, 7) is 1.72. The van der Waals surface area contributed by atoms with Crippen LogP contribution >= 0.6 is 22.9 Å². The van der Waals surface area contributed by atoms with E-state index in [9.17, 15) is 17.6 Å². The second-order valence-electron chi connectivity index (χ2n) is 8.28. The van der Waals surface area contributed by atoms with Crippen molar-refractivity contribution in [2.24, 2.45) is 5.92 Å². The number of hydrogen-bond donors (Lipinski definition) is 1. The second-order valence-corrected chi connectivity index (χ2v) is 11.8. The van der Waals surface area contributed by atoms with Gasteiger partial charge in [-0.3, -0.25) is 4.79 Å². The van der Waals surface area contributed by atoms with Crippen molar-refractivity contribution < 1.29 is 17.6 Å². The number of sulfonamides is 1. The first kappa shape index (κ1) is 23.0. The molecule has 2 aromatic heterocycles. The van der Waals surface area contributed by atoms with Crippen LogP contribution in [-0.2, 0) is 14.8 Å². The number of fused-ring (bicyclic) bond motifs is 1. The first-order chi connectivity index (χ1) is 16.1. The Labute approximate surface area is 204 Å². The van der Waals surface area contributed by atoms with Crippen LogP contribution in [0.15, 0.2) is 60.8 Å². The number of nitrogens with one attached hydrogen (secondary N) is 1. The minimum atomic E-state index is -3.57. The van der Waals surface area contributed by atoms with E-state index < -0.39 is 28.0 Å². The number of carbonyl (C=O) groups is 1. The first-order valence-corrected chi connectivity index (χ1v) is 13.5. The lowest BCUT2D eigenvalue weighted by atomic mass is 10.0. The highest BCUT2D eigenvalue weighted by Crippen LogP contribution is 2.44. The molecule has 1 amide bonds. The molecule has 1 aliphatic rings. The minimum Gasteiger partial charge on any atom is -0.302 e. The van der Waals surface area contributed by atoms with E-state index in [0.717, 1.165) is 22.0 Å². The maximum absolute atomic E-state index is 13.4. The molecule has 1 fully saturated rings. The van der Waals surface area contributed by atoms with Crippen molar-refractivity contribution in [3.63, 3.8) is 0 Å². The van der Waals surface area contributed by atoms with Crippen molar-refractivity contribution >= 4 is 55.5 Å². The number of halogens is 2. The van der Waals surface area contributed by atoms with Crippen LogP contribution in [0.1, 0.15) is 17.8 Å². The number of amides is 1. The van der Waals surface area contributed by atoms with Gasteiger partial charge in [0.1, 0.15) is 5.82 Å². The van der Waals surface area contributed by atoms with E-state index in [4.69, 9.17) is 11.6 Å². The Kier molecular flexibility index (Phi) is 5.71. The zero-order chi connectivity index (χ0) is 24.2. The largest absolute Gasteiger partial charge is 0.302 e. The Balaban J connectivity index is 1.59. The summed E-state index contributed by atoms with van der Waals surface area (Å²) in [6.07, 6.45) is 2.76. The molecule has 2 aromatic carbocycles. The molecule has 4 aromatic rings. The summed E-state index contributed by atoms with van der Waals surface area (Å²) in [5.74, 6) is -1.11. The van der Waals surface area contributed by atoms with Crippen LogP contribution in [0.3, 0.4) is 0 Å². The predicted molar refractivity (Wildman–Crippen MR) is 132 cm³/mol. The molecule has 0 aliphatic carbocycles. The van der Waals surface area contributed by atoms with Crippen LogP contribution < -0.4 is 9.62 Å². The summed E-state index contributed by atoms with van der Waals surface area (Å²) < 4.78 is 42.4. The van der Waals surface area contributed by atoms with Gasteiger partial charge in [-0.1, -0.05) is 18.5 Å². The SMILES string of the molecule is C[C@@H]1C(=O)N(c2ccc3c(cnn3-c3ccc(F)cc3)c2)[C@H](c2ccc(Cl)s2)[C@H]1NS(C)(=O)=O. The van der Waals surface area contributed by atoms with Crippen molar-refractivity contribution in [2.45, 2.75) is 19.0 Å². The second kappa shape index (κ2) is 8.46. The monoisotopic (exact) mass is 518 g/mol. The quantitative estimate of drug-likeness (QED) is 0.421. The highest BCUT2D eigenvalue weighted by Gasteiger charge is 2.48. The van der Waals surface area contributed by atoms with E-state index in [1.807, 2.05) is 18.2 Å². The molecule has 0 unspecified atom stereocenters. The molecule has 0 spiro atoms. The van der Waals surface area contributed by atoms with E-state index in [2.05, 4.69) is 9.82 Å². The van der Waals surface area contributed by atoms with Crippen LogP contribution in [-0.4, -0.2) is 36.4 Å². The van der Waals surface area contributed by atoms with Gasteiger partial charge in [-0.2, -0.15) is 5.10 Å². The number of hydrogen-bond acceptors (Lipinski definition) is 5. The highest BCUT2D eigenvalue weighted by molar-refractivity contribution is 7.88. The van der Waals surface area contributed by atoms with Crippen molar-refractivity contribution in [2.75, 3.05) is 11.2 Å². The molecule has 5 rings (SSSR count). The Morgan fingerprint density at radius 1 is 1.09 bits per heavy atom. The average Bonchev–Trinajstić information content (AvgIpc) is 3.46. The van der Waals surface area contributed by atoms with Gasteiger partial charge in [-0.25, -0.2) is 22.2 Å². The fourth-order valence-electron chi connectivity index (χ4n) is 4.40. The van der Waals surface area contributed by atoms with Gasteiger partial charge in [0, 0.05) is 16.0 Å². The van der Waals surface area contributed by atoms with E-state index in [0.29, 0.717) is 15.7 Å². The lowest BCUT2D eigenvalue weighted by molar-refractivity contribution is -0.120. The van der Waals surface area contributed by atoms with Gasteiger partial charge >= 0.3 is 0 Å². The van der Waals surface area contributed by atoms with E-state index in [-0.39, 0.29) is 11.7 Å². The average molecular weight is 519 g/mol. The Morgan fingerprint density at radius 2 is 1.79 bits per heavy atom. The number of aromatic nitrogens is 2. The predicted octanol–water partition coefficient (Wildman–Crippen LogP) is 4.52. The number of nitrogens with zero attached hydrogens (tertiary/aromatic N) is 3. The van der Waals surface area contributed by atoms with Gasteiger partial charge < -0.3 is 4.90 Å². The molecule has 11 heteroatoms. The lowest BCUT2D eigenvalue weighted by Gasteiger charge is -2.28. The van der Waals surface area contributed by atoms with Gasteiger partial charge in [0.05, 0.1) is 46.0 Å².